The lowest BCUT2D eigenvalue weighted by Gasteiger charge is -2.20. The number of nitrogens with one attached hydrogen (secondary N) is 1. The van der Waals surface area contributed by atoms with Gasteiger partial charge >= 0.3 is 5.97 Å². The van der Waals surface area contributed by atoms with Crippen molar-refractivity contribution in [3.63, 3.8) is 0 Å². The molecule has 7 heteroatoms. The molecule has 1 aromatic rings. The van der Waals surface area contributed by atoms with Crippen molar-refractivity contribution in [1.82, 2.24) is 4.72 Å². The summed E-state index contributed by atoms with van der Waals surface area (Å²) in [5.74, 6) is -1.46. The number of aryl methyl sites for hydroxylation is 1. The maximum atomic E-state index is 12.2. The van der Waals surface area contributed by atoms with Crippen LogP contribution in [0.1, 0.15) is 25.8 Å². The fourth-order valence-corrected chi connectivity index (χ4v) is 3.29. The Morgan fingerprint density at radius 1 is 1.45 bits per heavy atom. The molecule has 0 saturated heterocycles. The van der Waals surface area contributed by atoms with Crippen molar-refractivity contribution >= 4 is 31.9 Å². The molecule has 20 heavy (non-hydrogen) atoms. The second-order valence-corrected chi connectivity index (χ2v) is 7.30. The maximum absolute atomic E-state index is 12.2. The number of carboxylic acid groups (broad SMARTS) is 1. The van der Waals surface area contributed by atoms with Crippen LogP contribution < -0.4 is 4.72 Å². The predicted molar refractivity (Wildman–Crippen MR) is 80.1 cm³/mol. The van der Waals surface area contributed by atoms with Gasteiger partial charge in [-0.2, -0.15) is 4.72 Å². The van der Waals surface area contributed by atoms with Crippen molar-refractivity contribution in [2.24, 2.45) is 5.92 Å². The lowest BCUT2D eigenvalue weighted by molar-refractivity contribution is -0.140. The van der Waals surface area contributed by atoms with Crippen LogP contribution in [0.3, 0.4) is 0 Å². The highest BCUT2D eigenvalue weighted by atomic mass is 79.9. The van der Waals surface area contributed by atoms with Crippen molar-refractivity contribution in [3.8, 4) is 0 Å². The van der Waals surface area contributed by atoms with E-state index in [0.29, 0.717) is 6.42 Å². The van der Waals surface area contributed by atoms with Gasteiger partial charge in [-0.05, 0) is 36.6 Å². The van der Waals surface area contributed by atoms with E-state index >= 15 is 0 Å². The molecule has 2 N–H and O–H groups in total. The summed E-state index contributed by atoms with van der Waals surface area (Å²) in [4.78, 5) is 11.3. The molecule has 0 heterocycles. The summed E-state index contributed by atoms with van der Waals surface area (Å²) in [6, 6.07) is 3.44. The molecule has 5 nitrogen and oxygen atoms in total. The first-order chi connectivity index (χ1) is 9.19. The molecular weight excluding hydrogens is 346 g/mol. The van der Waals surface area contributed by atoms with E-state index in [1.54, 1.807) is 19.9 Å². The number of aliphatic carboxylic acids is 1. The standard InChI is InChI=1S/C13H18BrNO4S/c1-4-8(2)12(13(16)17)15-20(18,19)10-5-6-11(14)9(3)7-10/h5-8,12,15H,4H2,1-3H3,(H,16,17)/t8-,12-/m0/s1. The largest absolute Gasteiger partial charge is 0.480 e. The zero-order chi connectivity index (χ0) is 15.5. The van der Waals surface area contributed by atoms with E-state index in [4.69, 9.17) is 5.11 Å². The minimum atomic E-state index is -3.85. The Hall–Kier alpha value is -0.920. The Balaban J connectivity index is 3.09. The quantitative estimate of drug-likeness (QED) is 0.813. The summed E-state index contributed by atoms with van der Waals surface area (Å²) in [7, 11) is -3.85. The molecule has 0 fully saturated rings. The predicted octanol–water partition coefficient (Wildman–Crippen LogP) is 2.54. The SMILES string of the molecule is CC[C@H](C)[C@H](NS(=O)(=O)c1ccc(Br)c(C)c1)C(=O)O. The van der Waals surface area contributed by atoms with E-state index in [1.165, 1.54) is 12.1 Å². The topological polar surface area (TPSA) is 83.5 Å². The van der Waals surface area contributed by atoms with Crippen LogP contribution in [0, 0.1) is 12.8 Å². The third-order valence-corrected chi connectivity index (χ3v) is 5.53. The fraction of sp³-hybridized carbons (Fsp3) is 0.462. The minimum Gasteiger partial charge on any atom is -0.480 e. The first-order valence-electron chi connectivity index (χ1n) is 6.20. The van der Waals surface area contributed by atoms with Gasteiger partial charge in [-0.3, -0.25) is 4.79 Å². The van der Waals surface area contributed by atoms with Crippen LogP contribution in [-0.4, -0.2) is 25.5 Å². The lowest BCUT2D eigenvalue weighted by atomic mass is 10.0. The third kappa shape index (κ3) is 4.04. The molecule has 0 unspecified atom stereocenters. The van der Waals surface area contributed by atoms with Crippen molar-refractivity contribution < 1.29 is 18.3 Å². The van der Waals surface area contributed by atoms with E-state index in [9.17, 15) is 13.2 Å². The normalized spacial score (nSPS) is 14.8. The zero-order valence-corrected chi connectivity index (χ0v) is 14.0. The van der Waals surface area contributed by atoms with Gasteiger partial charge in [0.05, 0.1) is 4.90 Å². The second kappa shape index (κ2) is 6.69. The van der Waals surface area contributed by atoms with E-state index in [-0.39, 0.29) is 10.8 Å². The lowest BCUT2D eigenvalue weighted by Crippen LogP contribution is -2.44. The zero-order valence-electron chi connectivity index (χ0n) is 11.6. The van der Waals surface area contributed by atoms with Gasteiger partial charge < -0.3 is 5.11 Å². The Morgan fingerprint density at radius 2 is 2.05 bits per heavy atom. The summed E-state index contributed by atoms with van der Waals surface area (Å²) in [6.45, 7) is 5.29. The maximum Gasteiger partial charge on any atom is 0.322 e. The van der Waals surface area contributed by atoms with Crippen molar-refractivity contribution in [2.75, 3.05) is 0 Å². The van der Waals surface area contributed by atoms with Crippen molar-refractivity contribution in [3.05, 3.63) is 28.2 Å². The highest BCUT2D eigenvalue weighted by Crippen LogP contribution is 2.21. The molecule has 0 amide bonds. The molecular formula is C13H18BrNO4S. The van der Waals surface area contributed by atoms with Crippen LogP contribution >= 0.6 is 15.9 Å². The van der Waals surface area contributed by atoms with Crippen LogP contribution in [0.25, 0.3) is 0 Å². The van der Waals surface area contributed by atoms with E-state index in [2.05, 4.69) is 20.7 Å². The van der Waals surface area contributed by atoms with E-state index in [0.717, 1.165) is 10.0 Å². The van der Waals surface area contributed by atoms with Gasteiger partial charge in [0.1, 0.15) is 6.04 Å². The number of rotatable bonds is 6. The van der Waals surface area contributed by atoms with Crippen LogP contribution in [0.15, 0.2) is 27.6 Å². The number of sulfonamides is 1. The van der Waals surface area contributed by atoms with Crippen LogP contribution in [0.5, 0.6) is 0 Å². The number of halogens is 1. The van der Waals surface area contributed by atoms with Gasteiger partial charge in [-0.25, -0.2) is 8.42 Å². The summed E-state index contributed by atoms with van der Waals surface area (Å²) < 4.78 is 27.5. The molecule has 112 valence electrons. The van der Waals surface area contributed by atoms with Crippen molar-refractivity contribution in [2.45, 2.75) is 38.1 Å². The van der Waals surface area contributed by atoms with Gasteiger partial charge in [-0.15, -0.1) is 0 Å². The van der Waals surface area contributed by atoms with Crippen LogP contribution in [0.2, 0.25) is 0 Å². The van der Waals surface area contributed by atoms with Crippen LogP contribution in [0.4, 0.5) is 0 Å². The average molecular weight is 364 g/mol. The number of hydrogen-bond donors (Lipinski definition) is 2. The number of benzene rings is 1. The molecule has 0 aliphatic rings. The first kappa shape index (κ1) is 17.1. The highest BCUT2D eigenvalue weighted by molar-refractivity contribution is 9.10. The number of carboxylic acids is 1. The Labute approximate surface area is 127 Å². The van der Waals surface area contributed by atoms with E-state index in [1.807, 2.05) is 6.92 Å². The van der Waals surface area contributed by atoms with Gasteiger partial charge in [0.2, 0.25) is 10.0 Å². The van der Waals surface area contributed by atoms with Crippen molar-refractivity contribution in [1.29, 1.82) is 0 Å². The highest BCUT2D eigenvalue weighted by Gasteiger charge is 2.29. The monoisotopic (exact) mass is 363 g/mol. The summed E-state index contributed by atoms with van der Waals surface area (Å²) in [5.41, 5.74) is 0.767. The summed E-state index contributed by atoms with van der Waals surface area (Å²) >= 11 is 3.30. The smallest absolute Gasteiger partial charge is 0.322 e. The summed E-state index contributed by atoms with van der Waals surface area (Å²) in [6.07, 6.45) is 0.568. The molecule has 1 rings (SSSR count). The van der Waals surface area contributed by atoms with E-state index < -0.39 is 22.0 Å². The third-order valence-electron chi connectivity index (χ3n) is 3.20. The first-order valence-corrected chi connectivity index (χ1v) is 8.48. The second-order valence-electron chi connectivity index (χ2n) is 4.73. The Morgan fingerprint density at radius 3 is 2.50 bits per heavy atom. The Bertz CT molecular complexity index is 600. The van der Waals surface area contributed by atoms with Crippen LogP contribution in [-0.2, 0) is 14.8 Å². The molecule has 1 aromatic carbocycles. The van der Waals surface area contributed by atoms with Gasteiger partial charge in [0.15, 0.2) is 0 Å². The molecule has 2 atom stereocenters. The molecule has 0 spiro atoms. The molecule has 0 radical (unpaired) electrons. The molecule has 0 aliphatic carbocycles. The fourth-order valence-electron chi connectivity index (χ4n) is 1.67. The van der Waals surface area contributed by atoms with Gasteiger partial charge in [0.25, 0.3) is 0 Å². The van der Waals surface area contributed by atoms with Gasteiger partial charge in [-0.1, -0.05) is 36.2 Å². The average Bonchev–Trinajstić information content (AvgIpc) is 2.38. The Kier molecular flexibility index (Phi) is 5.73. The molecule has 0 aliphatic heterocycles. The molecule has 0 bridgehead atoms. The number of hydrogen-bond acceptors (Lipinski definition) is 3. The molecule has 0 saturated carbocycles. The minimum absolute atomic E-state index is 0.0627. The van der Waals surface area contributed by atoms with Gasteiger partial charge in [0, 0.05) is 4.47 Å². The number of carbonyl (C=O) groups is 1. The molecule has 0 aromatic heterocycles. The summed E-state index contributed by atoms with van der Waals surface area (Å²) in [5, 5.41) is 9.15.